The Labute approximate surface area is 125 Å². The summed E-state index contributed by atoms with van der Waals surface area (Å²) in [6, 6.07) is 15.7. The summed E-state index contributed by atoms with van der Waals surface area (Å²) in [4.78, 5) is 2.29. The monoisotopic (exact) mass is 280 g/mol. The molecule has 2 aromatic carbocycles. The van der Waals surface area contributed by atoms with E-state index in [1.165, 1.54) is 5.69 Å². The van der Waals surface area contributed by atoms with E-state index in [1.54, 1.807) is 6.07 Å². The lowest BCUT2D eigenvalue weighted by Gasteiger charge is -2.21. The number of hydrogen-bond donors (Lipinski definition) is 2. The summed E-state index contributed by atoms with van der Waals surface area (Å²) in [6.45, 7) is 6.26. The van der Waals surface area contributed by atoms with Gasteiger partial charge >= 0.3 is 0 Å². The van der Waals surface area contributed by atoms with Gasteiger partial charge in [0.1, 0.15) is 6.07 Å². The summed E-state index contributed by atoms with van der Waals surface area (Å²) in [5.41, 5.74) is 9.84. The van der Waals surface area contributed by atoms with Crippen molar-refractivity contribution in [2.24, 2.45) is 0 Å². The average Bonchev–Trinajstić information content (AvgIpc) is 2.52. The predicted octanol–water partition coefficient (Wildman–Crippen LogP) is 3.73. The van der Waals surface area contributed by atoms with Crippen molar-refractivity contribution in [3.63, 3.8) is 0 Å². The molecule has 0 atom stereocenters. The molecule has 0 unspecified atom stereocenters. The normalized spacial score (nSPS) is 9.95. The molecule has 0 aromatic heterocycles. The number of nitrogen functional groups attached to an aromatic ring is 1. The van der Waals surface area contributed by atoms with Gasteiger partial charge in [0.2, 0.25) is 0 Å². The molecule has 0 aliphatic carbocycles. The van der Waals surface area contributed by atoms with Crippen LogP contribution in [-0.2, 0) is 0 Å². The zero-order chi connectivity index (χ0) is 15.2. The van der Waals surface area contributed by atoms with E-state index in [0.29, 0.717) is 11.3 Å². The predicted molar refractivity (Wildman–Crippen MR) is 88.9 cm³/mol. The minimum absolute atomic E-state index is 0.479. The molecule has 0 amide bonds. The molecule has 4 heteroatoms. The second-order valence-corrected chi connectivity index (χ2v) is 4.72. The Morgan fingerprint density at radius 2 is 1.76 bits per heavy atom. The number of anilines is 4. The Balaban J connectivity index is 2.20. The van der Waals surface area contributed by atoms with Gasteiger partial charge in [0, 0.05) is 24.5 Å². The van der Waals surface area contributed by atoms with Gasteiger partial charge in [-0.2, -0.15) is 5.26 Å². The van der Waals surface area contributed by atoms with E-state index in [9.17, 15) is 0 Å². The Hall–Kier alpha value is -2.67. The molecular formula is C17H20N4. The van der Waals surface area contributed by atoms with Gasteiger partial charge in [-0.15, -0.1) is 0 Å². The van der Waals surface area contributed by atoms with E-state index in [2.05, 4.69) is 42.3 Å². The molecule has 0 aliphatic rings. The van der Waals surface area contributed by atoms with E-state index in [0.717, 1.165) is 24.5 Å². The lowest BCUT2D eigenvalue weighted by molar-refractivity contribution is 0.866. The summed E-state index contributed by atoms with van der Waals surface area (Å²) in [6.07, 6.45) is 0. The SMILES string of the molecule is CCN(CC)c1ccc(Nc2cccc(C#N)c2N)cc1. The van der Waals surface area contributed by atoms with Crippen molar-refractivity contribution < 1.29 is 0 Å². The molecule has 3 N–H and O–H groups in total. The lowest BCUT2D eigenvalue weighted by Crippen LogP contribution is -2.21. The van der Waals surface area contributed by atoms with Gasteiger partial charge in [0.15, 0.2) is 0 Å². The van der Waals surface area contributed by atoms with Crippen molar-refractivity contribution in [3.8, 4) is 6.07 Å². The molecule has 4 nitrogen and oxygen atoms in total. The number of para-hydroxylation sites is 1. The van der Waals surface area contributed by atoms with Crippen LogP contribution in [0.1, 0.15) is 19.4 Å². The molecular weight excluding hydrogens is 260 g/mol. The topological polar surface area (TPSA) is 65.1 Å². The summed E-state index contributed by atoms with van der Waals surface area (Å²) in [5, 5.41) is 12.3. The fourth-order valence-corrected chi connectivity index (χ4v) is 2.27. The van der Waals surface area contributed by atoms with Gasteiger partial charge in [-0.1, -0.05) is 6.07 Å². The zero-order valence-corrected chi connectivity index (χ0v) is 12.4. The van der Waals surface area contributed by atoms with Crippen LogP contribution in [0.4, 0.5) is 22.7 Å². The summed E-state index contributed by atoms with van der Waals surface area (Å²) < 4.78 is 0. The van der Waals surface area contributed by atoms with Crippen molar-refractivity contribution in [1.82, 2.24) is 0 Å². The number of benzene rings is 2. The van der Waals surface area contributed by atoms with Crippen molar-refractivity contribution in [2.45, 2.75) is 13.8 Å². The third-order valence-electron chi connectivity index (χ3n) is 3.50. The van der Waals surface area contributed by atoms with Gasteiger partial charge in [-0.25, -0.2) is 0 Å². The van der Waals surface area contributed by atoms with Crippen molar-refractivity contribution >= 4 is 22.7 Å². The van der Waals surface area contributed by atoms with Crippen LogP contribution in [-0.4, -0.2) is 13.1 Å². The highest BCUT2D eigenvalue weighted by Crippen LogP contribution is 2.27. The van der Waals surface area contributed by atoms with Crippen LogP contribution in [0.3, 0.4) is 0 Å². The largest absolute Gasteiger partial charge is 0.396 e. The lowest BCUT2D eigenvalue weighted by atomic mass is 10.1. The molecule has 2 aromatic rings. The van der Waals surface area contributed by atoms with E-state index >= 15 is 0 Å². The van der Waals surface area contributed by atoms with E-state index in [4.69, 9.17) is 11.0 Å². The van der Waals surface area contributed by atoms with Crippen LogP contribution in [0.15, 0.2) is 42.5 Å². The third-order valence-corrected chi connectivity index (χ3v) is 3.50. The van der Waals surface area contributed by atoms with Crippen LogP contribution < -0.4 is 16.0 Å². The molecule has 0 radical (unpaired) electrons. The van der Waals surface area contributed by atoms with Gasteiger partial charge in [-0.05, 0) is 50.2 Å². The first-order valence-corrected chi connectivity index (χ1v) is 7.10. The molecule has 0 fully saturated rings. The molecule has 0 saturated carbocycles. The number of nitrogens with one attached hydrogen (secondary N) is 1. The molecule has 0 heterocycles. The third kappa shape index (κ3) is 3.26. The molecule has 0 spiro atoms. The standard InChI is InChI=1S/C17H20N4/c1-3-21(4-2)15-10-8-14(9-11-15)20-16-7-5-6-13(12-18)17(16)19/h5-11,20H,3-4,19H2,1-2H3. The maximum atomic E-state index is 9.00. The molecule has 21 heavy (non-hydrogen) atoms. The summed E-state index contributed by atoms with van der Waals surface area (Å²) >= 11 is 0. The van der Waals surface area contributed by atoms with Crippen LogP contribution in [0.25, 0.3) is 0 Å². The molecule has 0 bridgehead atoms. The summed E-state index contributed by atoms with van der Waals surface area (Å²) in [5.74, 6) is 0. The number of nitrogens with zero attached hydrogens (tertiary/aromatic N) is 2. The fraction of sp³-hybridized carbons (Fsp3) is 0.235. The Morgan fingerprint density at radius 1 is 1.10 bits per heavy atom. The number of nitrogens with two attached hydrogens (primary N) is 1. The van der Waals surface area contributed by atoms with Gasteiger partial charge in [0.25, 0.3) is 0 Å². The Morgan fingerprint density at radius 3 is 2.33 bits per heavy atom. The maximum absolute atomic E-state index is 9.00. The zero-order valence-electron chi connectivity index (χ0n) is 12.4. The Kier molecular flexibility index (Phi) is 4.68. The van der Waals surface area contributed by atoms with Gasteiger partial charge < -0.3 is 16.0 Å². The van der Waals surface area contributed by atoms with Crippen molar-refractivity contribution in [2.75, 3.05) is 29.0 Å². The Bertz CT molecular complexity index is 637. The van der Waals surface area contributed by atoms with Crippen LogP contribution in [0.5, 0.6) is 0 Å². The first-order chi connectivity index (χ1) is 10.2. The van der Waals surface area contributed by atoms with Crippen LogP contribution in [0.2, 0.25) is 0 Å². The highest BCUT2D eigenvalue weighted by Gasteiger charge is 2.05. The molecule has 108 valence electrons. The number of rotatable bonds is 5. The van der Waals surface area contributed by atoms with Crippen LogP contribution in [0, 0.1) is 11.3 Å². The quantitative estimate of drug-likeness (QED) is 0.819. The highest BCUT2D eigenvalue weighted by atomic mass is 15.1. The minimum atomic E-state index is 0.479. The molecule has 2 rings (SSSR count). The number of hydrogen-bond acceptors (Lipinski definition) is 4. The average molecular weight is 280 g/mol. The smallest absolute Gasteiger partial charge is 0.101 e. The second kappa shape index (κ2) is 6.67. The highest BCUT2D eigenvalue weighted by molar-refractivity contribution is 5.77. The number of nitriles is 1. The first-order valence-electron chi connectivity index (χ1n) is 7.10. The minimum Gasteiger partial charge on any atom is -0.396 e. The summed E-state index contributed by atoms with van der Waals surface area (Å²) in [7, 11) is 0. The van der Waals surface area contributed by atoms with Crippen LogP contribution >= 0.6 is 0 Å². The molecule has 0 saturated heterocycles. The molecule has 0 aliphatic heterocycles. The van der Waals surface area contributed by atoms with Crippen molar-refractivity contribution in [3.05, 3.63) is 48.0 Å². The second-order valence-electron chi connectivity index (χ2n) is 4.72. The van der Waals surface area contributed by atoms with Gasteiger partial charge in [0.05, 0.1) is 16.9 Å². The van der Waals surface area contributed by atoms with Crippen molar-refractivity contribution in [1.29, 1.82) is 5.26 Å². The fourth-order valence-electron chi connectivity index (χ4n) is 2.27. The van der Waals surface area contributed by atoms with E-state index in [1.807, 2.05) is 24.3 Å². The van der Waals surface area contributed by atoms with Gasteiger partial charge in [-0.3, -0.25) is 0 Å². The first kappa shape index (κ1) is 14.7. The van der Waals surface area contributed by atoms with E-state index < -0.39 is 0 Å². The maximum Gasteiger partial charge on any atom is 0.101 e. The van der Waals surface area contributed by atoms with E-state index in [-0.39, 0.29) is 0 Å².